The molecule has 0 saturated carbocycles. The monoisotopic (exact) mass is 398 g/mol. The van der Waals surface area contributed by atoms with Crippen molar-refractivity contribution in [3.05, 3.63) is 68.8 Å². The fourth-order valence-electron chi connectivity index (χ4n) is 2.84. The van der Waals surface area contributed by atoms with Crippen molar-refractivity contribution >= 4 is 38.8 Å². The van der Waals surface area contributed by atoms with E-state index < -0.39 is 0 Å². The molecule has 0 radical (unpaired) electrons. The third kappa shape index (κ3) is 2.89. The van der Waals surface area contributed by atoms with E-state index in [1.165, 1.54) is 18.2 Å². The van der Waals surface area contributed by atoms with E-state index in [0.717, 1.165) is 16.8 Å². The summed E-state index contributed by atoms with van der Waals surface area (Å²) < 4.78 is 28.3. The Balaban J connectivity index is 2.12. The summed E-state index contributed by atoms with van der Waals surface area (Å²) in [6.07, 6.45) is 0. The van der Waals surface area contributed by atoms with E-state index in [4.69, 9.17) is 11.6 Å². The van der Waals surface area contributed by atoms with Crippen LogP contribution in [0.25, 0.3) is 5.57 Å². The van der Waals surface area contributed by atoms with Crippen molar-refractivity contribution in [1.82, 2.24) is 5.01 Å². The zero-order valence-corrected chi connectivity index (χ0v) is 14.9. The molecule has 2 aromatic carbocycles. The first-order chi connectivity index (χ1) is 10.9. The molecule has 3 rings (SSSR count). The van der Waals surface area contributed by atoms with E-state index in [9.17, 15) is 8.78 Å². The summed E-state index contributed by atoms with van der Waals surface area (Å²) in [5.41, 5.74) is 3.04. The van der Waals surface area contributed by atoms with Crippen molar-refractivity contribution in [2.24, 2.45) is 0 Å². The number of hydrazine groups is 1. The van der Waals surface area contributed by atoms with Crippen LogP contribution in [0.15, 0.2) is 46.6 Å². The molecule has 23 heavy (non-hydrogen) atoms. The fraction of sp³-hybridized carbons (Fsp3) is 0.176. The van der Waals surface area contributed by atoms with Crippen molar-refractivity contribution in [3.63, 3.8) is 0 Å². The van der Waals surface area contributed by atoms with E-state index in [1.54, 1.807) is 23.2 Å². The minimum atomic E-state index is -0.386. The third-order valence-electron chi connectivity index (χ3n) is 3.89. The van der Waals surface area contributed by atoms with Crippen molar-refractivity contribution in [2.75, 3.05) is 18.6 Å². The number of likely N-dealkylation sites (N-methyl/N-ethyl adjacent to an activating group) is 1. The van der Waals surface area contributed by atoms with E-state index in [1.807, 2.05) is 19.0 Å². The molecule has 0 aromatic heterocycles. The van der Waals surface area contributed by atoms with E-state index in [-0.39, 0.29) is 11.6 Å². The smallest absolute Gasteiger partial charge is 0.149 e. The Hall–Kier alpha value is -1.43. The molecule has 2 nitrogen and oxygen atoms in total. The zero-order chi connectivity index (χ0) is 16.7. The predicted molar refractivity (Wildman–Crippen MR) is 93.2 cm³/mol. The van der Waals surface area contributed by atoms with Crippen LogP contribution in [-0.2, 0) is 0 Å². The van der Waals surface area contributed by atoms with Crippen LogP contribution in [0.4, 0.5) is 14.5 Å². The summed E-state index contributed by atoms with van der Waals surface area (Å²) >= 11 is 9.59. The highest BCUT2D eigenvalue weighted by Crippen LogP contribution is 2.40. The molecule has 0 spiro atoms. The lowest BCUT2D eigenvalue weighted by Gasteiger charge is -2.29. The molecule has 0 aliphatic carbocycles. The van der Waals surface area contributed by atoms with Crippen LogP contribution < -0.4 is 5.01 Å². The van der Waals surface area contributed by atoms with Crippen LogP contribution >= 0.6 is 27.5 Å². The molecule has 0 bridgehead atoms. The SMILES string of the molecule is CC1=C(c2ccc(F)cc2Br)CN(C)N1c1c(F)cccc1Cl. The lowest BCUT2D eigenvalue weighted by atomic mass is 10.0. The summed E-state index contributed by atoms with van der Waals surface area (Å²) in [4.78, 5) is 0. The molecule has 0 fully saturated rings. The molecule has 2 aromatic rings. The van der Waals surface area contributed by atoms with Gasteiger partial charge in [0.1, 0.15) is 17.3 Å². The summed E-state index contributed by atoms with van der Waals surface area (Å²) in [6.45, 7) is 2.47. The van der Waals surface area contributed by atoms with Gasteiger partial charge in [-0.05, 0) is 42.3 Å². The molecular weight excluding hydrogens is 386 g/mol. The number of hydrogen-bond donors (Lipinski definition) is 0. The Morgan fingerprint density at radius 1 is 1.17 bits per heavy atom. The molecule has 6 heteroatoms. The Bertz CT molecular complexity index is 787. The Morgan fingerprint density at radius 2 is 1.91 bits per heavy atom. The van der Waals surface area contributed by atoms with Crippen molar-refractivity contribution in [2.45, 2.75) is 6.92 Å². The molecule has 0 atom stereocenters. The molecule has 120 valence electrons. The maximum Gasteiger partial charge on any atom is 0.149 e. The standard InChI is InChI=1S/C17H14BrClF2N2/c1-10-13(12-7-6-11(20)8-14(12)18)9-22(2)23(10)17-15(19)4-3-5-16(17)21/h3-8H,9H2,1-2H3. The van der Waals surface area contributed by atoms with Gasteiger partial charge >= 0.3 is 0 Å². The summed E-state index contributed by atoms with van der Waals surface area (Å²) in [7, 11) is 1.86. The average Bonchev–Trinajstić information content (AvgIpc) is 2.75. The van der Waals surface area contributed by atoms with Crippen LogP contribution in [0.5, 0.6) is 0 Å². The molecular formula is C17H14BrClF2N2. The second-order valence-corrected chi connectivity index (χ2v) is 6.65. The molecule has 0 unspecified atom stereocenters. The lowest BCUT2D eigenvalue weighted by Crippen LogP contribution is -2.34. The second kappa shape index (κ2) is 6.23. The first-order valence-electron chi connectivity index (χ1n) is 7.00. The van der Waals surface area contributed by atoms with Gasteiger partial charge in [-0.15, -0.1) is 0 Å². The van der Waals surface area contributed by atoms with Crippen molar-refractivity contribution < 1.29 is 8.78 Å². The quantitative estimate of drug-likeness (QED) is 0.660. The lowest BCUT2D eigenvalue weighted by molar-refractivity contribution is 0.386. The van der Waals surface area contributed by atoms with Gasteiger partial charge in [-0.1, -0.05) is 39.7 Å². The Kier molecular flexibility index (Phi) is 4.45. The van der Waals surface area contributed by atoms with Gasteiger partial charge in [-0.2, -0.15) is 0 Å². The first kappa shape index (κ1) is 16.4. The van der Waals surface area contributed by atoms with E-state index in [0.29, 0.717) is 21.7 Å². The first-order valence-corrected chi connectivity index (χ1v) is 8.17. The van der Waals surface area contributed by atoms with Gasteiger partial charge in [0, 0.05) is 23.8 Å². The predicted octanol–water partition coefficient (Wildman–Crippen LogP) is 5.48. The molecule has 1 aliphatic rings. The number of rotatable bonds is 2. The maximum atomic E-state index is 14.3. The van der Waals surface area contributed by atoms with Crippen LogP contribution in [0.3, 0.4) is 0 Å². The highest BCUT2D eigenvalue weighted by molar-refractivity contribution is 9.10. The summed E-state index contributed by atoms with van der Waals surface area (Å²) in [5.74, 6) is -0.692. The number of halogens is 4. The molecule has 1 heterocycles. The van der Waals surface area contributed by atoms with Crippen LogP contribution in [-0.4, -0.2) is 18.6 Å². The fourth-order valence-corrected chi connectivity index (χ4v) is 3.68. The van der Waals surface area contributed by atoms with Gasteiger partial charge in [0.2, 0.25) is 0 Å². The molecule has 0 saturated heterocycles. The zero-order valence-electron chi connectivity index (χ0n) is 12.6. The number of nitrogens with zero attached hydrogens (tertiary/aromatic N) is 2. The average molecular weight is 400 g/mol. The maximum absolute atomic E-state index is 14.3. The molecule has 0 N–H and O–H groups in total. The van der Waals surface area contributed by atoms with Gasteiger partial charge < -0.3 is 0 Å². The van der Waals surface area contributed by atoms with Crippen LogP contribution in [0, 0.1) is 11.6 Å². The number of anilines is 1. The van der Waals surface area contributed by atoms with Gasteiger partial charge in [0.05, 0.1) is 5.02 Å². The van der Waals surface area contributed by atoms with Gasteiger partial charge in [-0.25, -0.2) is 13.8 Å². The molecule has 1 aliphatic heterocycles. The minimum absolute atomic E-state index is 0.306. The van der Waals surface area contributed by atoms with E-state index in [2.05, 4.69) is 15.9 Å². The van der Waals surface area contributed by atoms with Gasteiger partial charge in [-0.3, -0.25) is 5.01 Å². The largest absolute Gasteiger partial charge is 0.274 e. The highest BCUT2D eigenvalue weighted by atomic mass is 79.9. The van der Waals surface area contributed by atoms with E-state index >= 15 is 0 Å². The number of hydrogen-bond acceptors (Lipinski definition) is 2. The Labute approximate surface area is 147 Å². The van der Waals surface area contributed by atoms with Gasteiger partial charge in [0.25, 0.3) is 0 Å². The number of benzene rings is 2. The van der Waals surface area contributed by atoms with Crippen LogP contribution in [0.1, 0.15) is 12.5 Å². The highest BCUT2D eigenvalue weighted by Gasteiger charge is 2.30. The summed E-state index contributed by atoms with van der Waals surface area (Å²) in [5, 5.41) is 3.98. The third-order valence-corrected chi connectivity index (χ3v) is 4.85. The number of allylic oxidation sites excluding steroid dienone is 1. The van der Waals surface area contributed by atoms with Gasteiger partial charge in [0.15, 0.2) is 0 Å². The number of para-hydroxylation sites is 1. The molecule has 0 amide bonds. The van der Waals surface area contributed by atoms with Crippen molar-refractivity contribution in [1.29, 1.82) is 0 Å². The topological polar surface area (TPSA) is 6.48 Å². The normalized spacial score (nSPS) is 15.7. The Morgan fingerprint density at radius 3 is 2.57 bits per heavy atom. The van der Waals surface area contributed by atoms with Crippen LogP contribution in [0.2, 0.25) is 5.02 Å². The van der Waals surface area contributed by atoms with Crippen molar-refractivity contribution in [3.8, 4) is 0 Å². The second-order valence-electron chi connectivity index (χ2n) is 5.39. The summed E-state index contributed by atoms with van der Waals surface area (Å²) in [6, 6.07) is 9.18. The minimum Gasteiger partial charge on any atom is -0.274 e.